The first-order chi connectivity index (χ1) is 13.0. The van der Waals surface area contributed by atoms with Gasteiger partial charge in [0.25, 0.3) is 0 Å². The van der Waals surface area contributed by atoms with E-state index >= 15 is 0 Å². The average molecular weight is 399 g/mol. The van der Waals surface area contributed by atoms with E-state index in [2.05, 4.69) is 14.8 Å². The highest BCUT2D eigenvalue weighted by Gasteiger charge is 2.15. The molecule has 6 nitrogen and oxygen atoms in total. The Labute approximate surface area is 161 Å². The summed E-state index contributed by atoms with van der Waals surface area (Å²) in [5, 5.41) is 6.56. The second-order valence-corrected chi connectivity index (χ2v) is 8.79. The Balaban J connectivity index is 1.50. The quantitative estimate of drug-likeness (QED) is 0.541. The molecule has 0 bridgehead atoms. The van der Waals surface area contributed by atoms with Gasteiger partial charge in [-0.3, -0.25) is 0 Å². The fourth-order valence-electron chi connectivity index (χ4n) is 2.80. The predicted molar refractivity (Wildman–Crippen MR) is 106 cm³/mol. The Hall–Kier alpha value is -2.55. The molecular formula is C19H18N4O2S2. The third-order valence-electron chi connectivity index (χ3n) is 4.15. The van der Waals surface area contributed by atoms with Crippen LogP contribution in [0, 0.1) is 6.92 Å². The minimum atomic E-state index is -3.50. The van der Waals surface area contributed by atoms with Gasteiger partial charge in [0.1, 0.15) is 0 Å². The van der Waals surface area contributed by atoms with Crippen molar-refractivity contribution in [1.82, 2.24) is 19.3 Å². The number of benzene rings is 2. The van der Waals surface area contributed by atoms with Crippen LogP contribution < -0.4 is 4.72 Å². The van der Waals surface area contributed by atoms with Crippen LogP contribution in [0.1, 0.15) is 11.3 Å². The van der Waals surface area contributed by atoms with Crippen LogP contribution in [0.2, 0.25) is 0 Å². The summed E-state index contributed by atoms with van der Waals surface area (Å²) in [7, 11) is -3.50. The number of aromatic nitrogens is 3. The molecule has 8 heteroatoms. The highest BCUT2D eigenvalue weighted by Crippen LogP contribution is 2.21. The molecule has 0 radical (unpaired) electrons. The normalized spacial score (nSPS) is 11.9. The zero-order valence-electron chi connectivity index (χ0n) is 14.7. The molecule has 138 valence electrons. The van der Waals surface area contributed by atoms with Gasteiger partial charge in [-0.25, -0.2) is 17.7 Å². The summed E-state index contributed by atoms with van der Waals surface area (Å²) < 4.78 is 29.0. The van der Waals surface area contributed by atoms with Gasteiger partial charge in [0.15, 0.2) is 5.82 Å². The van der Waals surface area contributed by atoms with Gasteiger partial charge in [-0.05, 0) is 25.1 Å². The smallest absolute Gasteiger partial charge is 0.211 e. The molecule has 0 saturated heterocycles. The summed E-state index contributed by atoms with van der Waals surface area (Å²) in [4.78, 5) is 5.65. The Morgan fingerprint density at radius 3 is 2.70 bits per heavy atom. The topological polar surface area (TPSA) is 76.4 Å². The van der Waals surface area contributed by atoms with E-state index in [0.29, 0.717) is 18.8 Å². The summed E-state index contributed by atoms with van der Waals surface area (Å²) in [5.41, 5.74) is 3.06. The van der Waals surface area contributed by atoms with Crippen LogP contribution in [0.25, 0.3) is 16.3 Å². The molecule has 0 aliphatic rings. The van der Waals surface area contributed by atoms with Crippen molar-refractivity contribution < 1.29 is 8.42 Å². The van der Waals surface area contributed by atoms with Gasteiger partial charge < -0.3 is 0 Å². The molecule has 4 rings (SSSR count). The van der Waals surface area contributed by atoms with Crippen molar-refractivity contribution in [3.8, 4) is 11.4 Å². The lowest BCUT2D eigenvalue weighted by Gasteiger charge is -2.06. The second kappa shape index (κ2) is 7.22. The summed E-state index contributed by atoms with van der Waals surface area (Å²) in [6.07, 6.45) is 0.530. The lowest BCUT2D eigenvalue weighted by Crippen LogP contribution is -2.26. The second-order valence-electron chi connectivity index (χ2n) is 6.19. The predicted octanol–water partition coefficient (Wildman–Crippen LogP) is 3.29. The van der Waals surface area contributed by atoms with E-state index in [4.69, 9.17) is 0 Å². The Morgan fingerprint density at radius 2 is 1.93 bits per heavy atom. The van der Waals surface area contributed by atoms with Crippen molar-refractivity contribution in [2.45, 2.75) is 18.2 Å². The molecule has 2 aromatic carbocycles. The van der Waals surface area contributed by atoms with Crippen molar-refractivity contribution in [3.05, 3.63) is 71.2 Å². The Morgan fingerprint density at radius 1 is 1.11 bits per heavy atom. The molecule has 4 aromatic rings. The van der Waals surface area contributed by atoms with Gasteiger partial charge in [-0.2, -0.15) is 4.98 Å². The molecule has 2 aromatic heterocycles. The fourth-order valence-corrected chi connectivity index (χ4v) is 4.71. The van der Waals surface area contributed by atoms with Crippen molar-refractivity contribution in [1.29, 1.82) is 0 Å². The Bertz CT molecular complexity index is 1180. The number of nitrogens with zero attached hydrogens (tertiary/aromatic N) is 3. The van der Waals surface area contributed by atoms with E-state index in [-0.39, 0.29) is 4.90 Å². The Kier molecular flexibility index (Phi) is 4.77. The van der Waals surface area contributed by atoms with Crippen molar-refractivity contribution in [2.24, 2.45) is 0 Å². The monoisotopic (exact) mass is 398 g/mol. The number of hydrogen-bond acceptors (Lipinski definition) is 5. The van der Waals surface area contributed by atoms with Crippen LogP contribution in [0.15, 0.2) is 64.9 Å². The summed E-state index contributed by atoms with van der Waals surface area (Å²) in [6.45, 7) is 2.33. The maximum Gasteiger partial charge on any atom is 0.240 e. The molecule has 2 heterocycles. The molecule has 0 atom stereocenters. The molecule has 0 aliphatic heterocycles. The van der Waals surface area contributed by atoms with Gasteiger partial charge >= 0.3 is 0 Å². The summed E-state index contributed by atoms with van der Waals surface area (Å²) in [5.74, 6) is 0.677. The van der Waals surface area contributed by atoms with E-state index in [1.54, 1.807) is 34.8 Å². The SMILES string of the molecule is Cc1cccc(-c2nc3scc(CCNS(=O)(=O)c4ccccc4)n3n2)c1. The zero-order chi connectivity index (χ0) is 18.9. The van der Waals surface area contributed by atoms with Crippen molar-refractivity contribution in [3.63, 3.8) is 0 Å². The number of fused-ring (bicyclic) bond motifs is 1. The van der Waals surface area contributed by atoms with Crippen LogP contribution in [-0.2, 0) is 16.4 Å². The first kappa shape index (κ1) is 17.8. The molecule has 0 spiro atoms. The first-order valence-electron chi connectivity index (χ1n) is 8.48. The minimum Gasteiger partial charge on any atom is -0.211 e. The van der Waals surface area contributed by atoms with Gasteiger partial charge in [-0.15, -0.1) is 16.4 Å². The van der Waals surface area contributed by atoms with Crippen molar-refractivity contribution >= 4 is 26.3 Å². The van der Waals surface area contributed by atoms with Gasteiger partial charge in [-0.1, -0.05) is 42.0 Å². The lowest BCUT2D eigenvalue weighted by molar-refractivity contribution is 0.581. The molecular weight excluding hydrogens is 380 g/mol. The molecule has 1 N–H and O–H groups in total. The maximum absolute atomic E-state index is 12.3. The summed E-state index contributed by atoms with van der Waals surface area (Å²) >= 11 is 1.50. The number of aryl methyl sites for hydroxylation is 1. The van der Waals surface area contributed by atoms with Gasteiger partial charge in [0.05, 0.1) is 10.6 Å². The van der Waals surface area contributed by atoms with Crippen LogP contribution in [-0.4, -0.2) is 29.6 Å². The van der Waals surface area contributed by atoms with E-state index in [9.17, 15) is 8.42 Å². The lowest BCUT2D eigenvalue weighted by atomic mass is 10.1. The van der Waals surface area contributed by atoms with Crippen LogP contribution in [0.5, 0.6) is 0 Å². The van der Waals surface area contributed by atoms with Crippen LogP contribution in [0.3, 0.4) is 0 Å². The van der Waals surface area contributed by atoms with Crippen molar-refractivity contribution in [2.75, 3.05) is 6.54 Å². The van der Waals surface area contributed by atoms with E-state index in [1.807, 2.05) is 36.6 Å². The zero-order valence-corrected chi connectivity index (χ0v) is 16.3. The van der Waals surface area contributed by atoms with Gasteiger partial charge in [0, 0.05) is 23.9 Å². The number of rotatable bonds is 6. The molecule has 0 amide bonds. The van der Waals surface area contributed by atoms with E-state index in [1.165, 1.54) is 11.3 Å². The standard InChI is InChI=1S/C19H18N4O2S2/c1-14-6-5-7-15(12-14)18-21-19-23(22-18)16(13-26-19)10-11-20-27(24,25)17-8-3-2-4-9-17/h2-9,12-13,20H,10-11H2,1H3. The first-order valence-corrected chi connectivity index (χ1v) is 10.8. The molecule has 0 aliphatic carbocycles. The molecule has 27 heavy (non-hydrogen) atoms. The number of nitrogens with one attached hydrogen (secondary N) is 1. The highest BCUT2D eigenvalue weighted by atomic mass is 32.2. The number of sulfonamides is 1. The molecule has 0 saturated carbocycles. The number of thiazole rings is 1. The van der Waals surface area contributed by atoms with E-state index in [0.717, 1.165) is 21.8 Å². The average Bonchev–Trinajstić information content (AvgIpc) is 3.24. The summed E-state index contributed by atoms with van der Waals surface area (Å²) in [6, 6.07) is 16.4. The highest BCUT2D eigenvalue weighted by molar-refractivity contribution is 7.89. The fraction of sp³-hybridized carbons (Fsp3) is 0.158. The number of hydrogen-bond donors (Lipinski definition) is 1. The largest absolute Gasteiger partial charge is 0.240 e. The van der Waals surface area contributed by atoms with Gasteiger partial charge in [0.2, 0.25) is 15.0 Å². The molecule has 0 fully saturated rings. The van der Waals surface area contributed by atoms with E-state index < -0.39 is 10.0 Å². The van der Waals surface area contributed by atoms with Crippen LogP contribution >= 0.6 is 11.3 Å². The molecule has 0 unspecified atom stereocenters. The third kappa shape index (κ3) is 3.78. The minimum absolute atomic E-state index is 0.267. The maximum atomic E-state index is 12.3. The van der Waals surface area contributed by atoms with Crippen LogP contribution in [0.4, 0.5) is 0 Å². The third-order valence-corrected chi connectivity index (χ3v) is 6.49.